The van der Waals surface area contributed by atoms with Gasteiger partial charge in [-0.25, -0.2) is 4.79 Å². The van der Waals surface area contributed by atoms with Gasteiger partial charge in [0, 0.05) is 49.0 Å². The quantitative estimate of drug-likeness (QED) is 0.579. The fraction of sp³-hybridized carbons (Fsp3) is 0.714. The van der Waals surface area contributed by atoms with Crippen LogP contribution in [0, 0.1) is 28.6 Å². The Morgan fingerprint density at radius 1 is 1.06 bits per heavy atom. The van der Waals surface area contributed by atoms with E-state index in [-0.39, 0.29) is 11.4 Å². The standard InChI is InChI=1S/C28H39N3O2/c1-27-10-8-21(29-31-14-12-30(3)13-15-31)17-20(27)4-5-22-24-7-6-23(19-16-26(32)33-18-19)28(24,2)11-9-25(22)27/h6-7,16,20,22,25H,4-5,8-15,17-18H2,1-3H3/b29-21+/t20-,22-,25-,27-,28+/m0/s1. The van der Waals surface area contributed by atoms with E-state index in [4.69, 9.17) is 9.84 Å². The molecule has 0 spiro atoms. The van der Waals surface area contributed by atoms with Crippen LogP contribution in [0.25, 0.3) is 0 Å². The zero-order valence-electron chi connectivity index (χ0n) is 20.6. The van der Waals surface area contributed by atoms with Gasteiger partial charge in [-0.3, -0.25) is 5.01 Å². The van der Waals surface area contributed by atoms with E-state index in [1.54, 1.807) is 11.6 Å². The van der Waals surface area contributed by atoms with E-state index < -0.39 is 0 Å². The number of nitrogens with zero attached hydrogens (tertiary/aromatic N) is 3. The lowest BCUT2D eigenvalue weighted by Gasteiger charge is -2.59. The van der Waals surface area contributed by atoms with Gasteiger partial charge in [0.2, 0.25) is 0 Å². The predicted molar refractivity (Wildman–Crippen MR) is 131 cm³/mol. The Hall–Kier alpha value is -1.88. The summed E-state index contributed by atoms with van der Waals surface area (Å²) in [6.07, 6.45) is 15.3. The number of cyclic esters (lactones) is 1. The number of ether oxygens (including phenoxy) is 1. The van der Waals surface area contributed by atoms with Crippen molar-refractivity contribution in [2.45, 2.75) is 58.8 Å². The molecule has 5 atom stereocenters. The summed E-state index contributed by atoms with van der Waals surface area (Å²) >= 11 is 0. The van der Waals surface area contributed by atoms with Crippen LogP contribution in [0.3, 0.4) is 0 Å². The minimum absolute atomic E-state index is 0.0902. The second-order valence-electron chi connectivity index (χ2n) is 12.0. The van der Waals surface area contributed by atoms with Crippen molar-refractivity contribution in [1.29, 1.82) is 0 Å². The summed E-state index contributed by atoms with van der Waals surface area (Å²) in [6, 6.07) is 0. The molecule has 0 bridgehead atoms. The molecule has 33 heavy (non-hydrogen) atoms. The molecule has 0 aromatic carbocycles. The smallest absolute Gasteiger partial charge is 0.331 e. The van der Waals surface area contributed by atoms with Crippen molar-refractivity contribution in [2.24, 2.45) is 33.7 Å². The molecular formula is C28H39N3O2. The average Bonchev–Trinajstić information content (AvgIpc) is 3.38. The summed E-state index contributed by atoms with van der Waals surface area (Å²) in [5.41, 5.74) is 6.08. The molecule has 2 heterocycles. The Morgan fingerprint density at radius 2 is 1.88 bits per heavy atom. The van der Waals surface area contributed by atoms with Crippen LogP contribution < -0.4 is 0 Å². The third-order valence-corrected chi connectivity index (χ3v) is 10.3. The van der Waals surface area contributed by atoms with Crippen molar-refractivity contribution in [1.82, 2.24) is 9.91 Å². The van der Waals surface area contributed by atoms with Crippen molar-refractivity contribution in [3.63, 3.8) is 0 Å². The lowest BCUT2D eigenvalue weighted by atomic mass is 9.46. The first-order chi connectivity index (χ1) is 15.9. The Kier molecular flexibility index (Phi) is 5.13. The van der Waals surface area contributed by atoms with Gasteiger partial charge in [-0.05, 0) is 80.7 Å². The second-order valence-corrected chi connectivity index (χ2v) is 12.0. The molecule has 0 aromatic heterocycles. The van der Waals surface area contributed by atoms with Gasteiger partial charge in [-0.15, -0.1) is 0 Å². The number of hydrogen-bond acceptors (Lipinski definition) is 5. The van der Waals surface area contributed by atoms with E-state index >= 15 is 0 Å². The summed E-state index contributed by atoms with van der Waals surface area (Å²) in [5, 5.41) is 7.47. The summed E-state index contributed by atoms with van der Waals surface area (Å²) in [5.74, 6) is 2.07. The molecular weight excluding hydrogens is 410 g/mol. The minimum Gasteiger partial charge on any atom is -0.458 e. The molecule has 1 saturated heterocycles. The highest BCUT2D eigenvalue weighted by molar-refractivity contribution is 5.87. The maximum absolute atomic E-state index is 11.7. The van der Waals surface area contributed by atoms with Crippen LogP contribution in [-0.4, -0.2) is 61.4 Å². The summed E-state index contributed by atoms with van der Waals surface area (Å²) in [6.45, 7) is 9.88. The summed E-state index contributed by atoms with van der Waals surface area (Å²) in [7, 11) is 2.21. The van der Waals surface area contributed by atoms with E-state index in [2.05, 4.69) is 43.0 Å². The zero-order chi connectivity index (χ0) is 22.8. The molecule has 0 N–H and O–H groups in total. The maximum atomic E-state index is 11.7. The SMILES string of the molecule is CN1CCN(/N=C2\CC[C@@]3(C)[C@@H](CC[C@H]4C5=CC=C(C6=CC(=O)OC6)[C@@]5(C)CC[C@@H]43)C2)CC1. The van der Waals surface area contributed by atoms with Crippen LogP contribution >= 0.6 is 0 Å². The number of hydrazone groups is 1. The topological polar surface area (TPSA) is 45.1 Å². The maximum Gasteiger partial charge on any atom is 0.331 e. The van der Waals surface area contributed by atoms with Crippen LogP contribution in [0.5, 0.6) is 0 Å². The van der Waals surface area contributed by atoms with Gasteiger partial charge >= 0.3 is 5.97 Å². The second kappa shape index (κ2) is 7.83. The van der Waals surface area contributed by atoms with E-state index in [0.29, 0.717) is 17.9 Å². The number of carbonyl (C=O) groups excluding carboxylic acids is 1. The van der Waals surface area contributed by atoms with Crippen LogP contribution in [-0.2, 0) is 9.53 Å². The van der Waals surface area contributed by atoms with E-state index in [1.165, 1.54) is 56.2 Å². The molecule has 0 radical (unpaired) electrons. The van der Waals surface area contributed by atoms with Gasteiger partial charge in [0.25, 0.3) is 0 Å². The third kappa shape index (κ3) is 3.45. The number of hydrogen-bond donors (Lipinski definition) is 0. The average molecular weight is 450 g/mol. The van der Waals surface area contributed by atoms with Crippen molar-refractivity contribution < 1.29 is 9.53 Å². The summed E-state index contributed by atoms with van der Waals surface area (Å²) in [4.78, 5) is 14.1. The Morgan fingerprint density at radius 3 is 2.64 bits per heavy atom. The fourth-order valence-electron chi connectivity index (χ4n) is 8.23. The number of likely N-dealkylation sites (N-methyl/N-ethyl adjacent to an activating group) is 1. The minimum atomic E-state index is -0.180. The normalized spacial score (nSPS) is 42.2. The molecule has 0 aromatic rings. The van der Waals surface area contributed by atoms with E-state index in [0.717, 1.165) is 43.6 Å². The van der Waals surface area contributed by atoms with Crippen molar-refractivity contribution in [3.8, 4) is 0 Å². The Balaban J connectivity index is 1.18. The monoisotopic (exact) mass is 449 g/mol. The van der Waals surface area contributed by atoms with Gasteiger partial charge in [0.15, 0.2) is 0 Å². The highest BCUT2D eigenvalue weighted by atomic mass is 16.5. The van der Waals surface area contributed by atoms with Gasteiger partial charge in [-0.2, -0.15) is 5.10 Å². The molecule has 4 aliphatic carbocycles. The first-order valence-electron chi connectivity index (χ1n) is 13.2. The highest BCUT2D eigenvalue weighted by Gasteiger charge is 2.56. The van der Waals surface area contributed by atoms with Crippen LogP contribution in [0.4, 0.5) is 0 Å². The number of esters is 1. The van der Waals surface area contributed by atoms with E-state index in [9.17, 15) is 4.79 Å². The molecule has 0 unspecified atom stereocenters. The molecule has 6 aliphatic rings. The molecule has 5 nitrogen and oxygen atoms in total. The van der Waals surface area contributed by atoms with Gasteiger partial charge in [-0.1, -0.05) is 31.6 Å². The van der Waals surface area contributed by atoms with E-state index in [1.807, 2.05) is 0 Å². The lowest BCUT2D eigenvalue weighted by molar-refractivity contribution is -0.134. The number of rotatable bonds is 2. The number of allylic oxidation sites excluding steroid dienone is 3. The molecule has 178 valence electrons. The highest BCUT2D eigenvalue weighted by Crippen LogP contribution is 2.65. The van der Waals surface area contributed by atoms with Gasteiger partial charge in [0.1, 0.15) is 6.61 Å². The Bertz CT molecular complexity index is 970. The molecule has 0 amide bonds. The predicted octanol–water partition coefficient (Wildman–Crippen LogP) is 4.57. The molecule has 6 rings (SSSR count). The first-order valence-corrected chi connectivity index (χ1v) is 13.2. The molecule has 4 fully saturated rings. The van der Waals surface area contributed by atoms with Crippen molar-refractivity contribution in [2.75, 3.05) is 39.8 Å². The van der Waals surface area contributed by atoms with Crippen LogP contribution in [0.2, 0.25) is 0 Å². The van der Waals surface area contributed by atoms with Crippen LogP contribution in [0.1, 0.15) is 58.8 Å². The van der Waals surface area contributed by atoms with Gasteiger partial charge < -0.3 is 9.64 Å². The molecule has 2 aliphatic heterocycles. The third-order valence-electron chi connectivity index (χ3n) is 10.3. The number of carbonyl (C=O) groups is 1. The fourth-order valence-corrected chi connectivity index (χ4v) is 8.23. The molecule has 5 heteroatoms. The van der Waals surface area contributed by atoms with Gasteiger partial charge in [0.05, 0.1) is 0 Å². The van der Waals surface area contributed by atoms with Crippen molar-refractivity contribution in [3.05, 3.63) is 34.9 Å². The Labute approximate surface area is 198 Å². The van der Waals surface area contributed by atoms with Crippen LogP contribution in [0.15, 0.2) is 40.0 Å². The number of fused-ring (bicyclic) bond motifs is 5. The zero-order valence-corrected chi connectivity index (χ0v) is 20.6. The largest absolute Gasteiger partial charge is 0.458 e. The lowest BCUT2D eigenvalue weighted by Crippen LogP contribution is -2.51. The molecule has 3 saturated carbocycles. The number of piperazine rings is 1. The van der Waals surface area contributed by atoms with Crippen molar-refractivity contribution >= 4 is 11.7 Å². The first kappa shape index (κ1) is 21.6. The summed E-state index contributed by atoms with van der Waals surface area (Å²) < 4.78 is 5.25.